The van der Waals surface area contributed by atoms with Crippen molar-refractivity contribution in [3.63, 3.8) is 0 Å². The standard InChI is InChI=1S/C13H17BrF2N2/c1-9(17)12(4-6-13(15,16)7-5-12)10-2-3-11(14)18-8-10/h2-3,8-9H,4-7,17H2,1H3/t9-/m0/s1. The fraction of sp³-hybridized carbons (Fsp3) is 0.615. The van der Waals surface area contributed by atoms with Gasteiger partial charge >= 0.3 is 0 Å². The van der Waals surface area contributed by atoms with E-state index in [1.165, 1.54) is 0 Å². The highest BCUT2D eigenvalue weighted by Gasteiger charge is 2.46. The van der Waals surface area contributed by atoms with Crippen molar-refractivity contribution in [1.82, 2.24) is 4.98 Å². The molecular weight excluding hydrogens is 302 g/mol. The van der Waals surface area contributed by atoms with Crippen molar-refractivity contribution < 1.29 is 8.78 Å². The molecule has 0 radical (unpaired) electrons. The molecule has 1 aromatic heterocycles. The van der Waals surface area contributed by atoms with Crippen molar-refractivity contribution in [1.29, 1.82) is 0 Å². The van der Waals surface area contributed by atoms with Gasteiger partial charge < -0.3 is 5.73 Å². The second-order valence-electron chi connectivity index (χ2n) is 5.17. The Balaban J connectivity index is 2.31. The Morgan fingerprint density at radius 2 is 1.89 bits per heavy atom. The Morgan fingerprint density at radius 3 is 2.33 bits per heavy atom. The van der Waals surface area contributed by atoms with Crippen LogP contribution < -0.4 is 5.73 Å². The van der Waals surface area contributed by atoms with Gasteiger partial charge in [-0.15, -0.1) is 0 Å². The van der Waals surface area contributed by atoms with Gasteiger partial charge in [0.1, 0.15) is 4.60 Å². The number of halogens is 3. The van der Waals surface area contributed by atoms with Crippen LogP contribution in [0.1, 0.15) is 38.2 Å². The largest absolute Gasteiger partial charge is 0.327 e. The molecule has 18 heavy (non-hydrogen) atoms. The van der Waals surface area contributed by atoms with Crippen LogP contribution in [0.3, 0.4) is 0 Å². The third-order valence-corrected chi connectivity index (χ3v) is 4.52. The number of nitrogens with zero attached hydrogens (tertiary/aromatic N) is 1. The van der Waals surface area contributed by atoms with E-state index < -0.39 is 5.92 Å². The van der Waals surface area contributed by atoms with E-state index >= 15 is 0 Å². The van der Waals surface area contributed by atoms with Crippen molar-refractivity contribution in [3.05, 3.63) is 28.5 Å². The van der Waals surface area contributed by atoms with Crippen LogP contribution >= 0.6 is 15.9 Å². The van der Waals surface area contributed by atoms with Crippen LogP contribution in [0.2, 0.25) is 0 Å². The van der Waals surface area contributed by atoms with Gasteiger partial charge in [-0.1, -0.05) is 6.07 Å². The van der Waals surface area contributed by atoms with Gasteiger partial charge in [-0.3, -0.25) is 0 Å². The molecule has 5 heteroatoms. The van der Waals surface area contributed by atoms with E-state index in [-0.39, 0.29) is 24.3 Å². The first kappa shape index (κ1) is 13.9. The molecule has 1 fully saturated rings. The average molecular weight is 319 g/mol. The molecule has 2 rings (SSSR count). The van der Waals surface area contributed by atoms with E-state index in [2.05, 4.69) is 20.9 Å². The molecule has 1 saturated carbocycles. The Labute approximate surface area is 114 Å². The minimum atomic E-state index is -2.54. The minimum Gasteiger partial charge on any atom is -0.327 e. The van der Waals surface area contributed by atoms with Crippen LogP contribution in [0, 0.1) is 0 Å². The SMILES string of the molecule is C[C@H](N)C1(c2ccc(Br)nc2)CCC(F)(F)CC1. The molecule has 1 atom stereocenters. The van der Waals surface area contributed by atoms with E-state index in [1.54, 1.807) is 6.20 Å². The first-order chi connectivity index (χ1) is 8.36. The molecule has 0 aliphatic heterocycles. The second-order valence-corrected chi connectivity index (χ2v) is 5.98. The Kier molecular flexibility index (Phi) is 3.74. The molecule has 0 bridgehead atoms. The Morgan fingerprint density at radius 1 is 1.28 bits per heavy atom. The summed E-state index contributed by atoms with van der Waals surface area (Å²) in [6.07, 6.45) is 2.40. The lowest BCUT2D eigenvalue weighted by Gasteiger charge is -2.43. The smallest absolute Gasteiger partial charge is 0.248 e. The molecule has 100 valence electrons. The molecule has 0 aromatic carbocycles. The predicted octanol–water partition coefficient (Wildman–Crippen LogP) is 3.64. The van der Waals surface area contributed by atoms with Crippen LogP contribution in [0.4, 0.5) is 8.78 Å². The fourth-order valence-electron chi connectivity index (χ4n) is 2.74. The lowest BCUT2D eigenvalue weighted by atomic mass is 9.65. The summed E-state index contributed by atoms with van der Waals surface area (Å²) < 4.78 is 27.4. The Bertz CT molecular complexity index is 408. The number of alkyl halides is 2. The average Bonchev–Trinajstić information content (AvgIpc) is 2.30. The minimum absolute atomic E-state index is 0.0927. The maximum atomic E-state index is 13.3. The molecule has 0 amide bonds. The Hall–Kier alpha value is -0.550. The van der Waals surface area contributed by atoms with Gasteiger partial charge in [0, 0.05) is 30.5 Å². The van der Waals surface area contributed by atoms with Crippen LogP contribution in [-0.4, -0.2) is 16.9 Å². The highest BCUT2D eigenvalue weighted by Crippen LogP contribution is 2.46. The summed E-state index contributed by atoms with van der Waals surface area (Å²) in [4.78, 5) is 4.19. The molecule has 0 unspecified atom stereocenters. The zero-order chi connectivity index (χ0) is 13.4. The zero-order valence-corrected chi connectivity index (χ0v) is 11.9. The van der Waals surface area contributed by atoms with E-state index in [1.807, 2.05) is 19.1 Å². The maximum absolute atomic E-state index is 13.3. The van der Waals surface area contributed by atoms with Crippen LogP contribution in [0.5, 0.6) is 0 Å². The van der Waals surface area contributed by atoms with Crippen molar-refractivity contribution in [2.45, 2.75) is 50.0 Å². The van der Waals surface area contributed by atoms with Gasteiger partial charge in [-0.2, -0.15) is 0 Å². The summed E-state index contributed by atoms with van der Waals surface area (Å²) in [5.41, 5.74) is 6.68. The summed E-state index contributed by atoms with van der Waals surface area (Å²) in [7, 11) is 0. The quantitative estimate of drug-likeness (QED) is 0.845. The molecule has 1 aromatic rings. The van der Waals surface area contributed by atoms with Crippen molar-refractivity contribution in [2.75, 3.05) is 0 Å². The van der Waals surface area contributed by atoms with E-state index in [0.717, 1.165) is 10.2 Å². The third kappa shape index (κ3) is 2.57. The maximum Gasteiger partial charge on any atom is 0.248 e. The molecule has 1 heterocycles. The zero-order valence-electron chi connectivity index (χ0n) is 10.3. The molecule has 0 spiro atoms. The number of hydrogen-bond donors (Lipinski definition) is 1. The molecule has 1 aliphatic carbocycles. The topological polar surface area (TPSA) is 38.9 Å². The van der Waals surface area contributed by atoms with Crippen LogP contribution in [0.15, 0.2) is 22.9 Å². The second kappa shape index (κ2) is 4.85. The molecule has 1 aliphatic rings. The van der Waals surface area contributed by atoms with Crippen LogP contribution in [-0.2, 0) is 5.41 Å². The van der Waals surface area contributed by atoms with Gasteiger partial charge in [0.15, 0.2) is 0 Å². The molecule has 0 saturated heterocycles. The van der Waals surface area contributed by atoms with Crippen molar-refractivity contribution >= 4 is 15.9 Å². The monoisotopic (exact) mass is 318 g/mol. The van der Waals surface area contributed by atoms with Crippen molar-refractivity contribution in [3.8, 4) is 0 Å². The first-order valence-corrected chi connectivity index (χ1v) is 6.90. The highest BCUT2D eigenvalue weighted by atomic mass is 79.9. The number of rotatable bonds is 2. The number of aromatic nitrogens is 1. The number of hydrogen-bond acceptors (Lipinski definition) is 2. The highest BCUT2D eigenvalue weighted by molar-refractivity contribution is 9.10. The number of nitrogens with two attached hydrogens (primary N) is 1. The summed E-state index contributed by atoms with van der Waals surface area (Å²) in [5.74, 6) is -2.54. The van der Waals surface area contributed by atoms with E-state index in [9.17, 15) is 8.78 Å². The molecular formula is C13H17BrF2N2. The van der Waals surface area contributed by atoms with Gasteiger partial charge in [-0.25, -0.2) is 13.8 Å². The summed E-state index contributed by atoms with van der Waals surface area (Å²) in [5, 5.41) is 0. The van der Waals surface area contributed by atoms with Gasteiger partial charge in [0.05, 0.1) is 0 Å². The van der Waals surface area contributed by atoms with E-state index in [0.29, 0.717) is 12.8 Å². The third-order valence-electron chi connectivity index (χ3n) is 4.05. The van der Waals surface area contributed by atoms with Crippen molar-refractivity contribution in [2.24, 2.45) is 5.73 Å². The predicted molar refractivity (Wildman–Crippen MR) is 70.7 cm³/mol. The lowest BCUT2D eigenvalue weighted by Crippen LogP contribution is -2.48. The summed E-state index contributed by atoms with van der Waals surface area (Å²) >= 11 is 3.28. The van der Waals surface area contributed by atoms with Gasteiger partial charge in [0.2, 0.25) is 5.92 Å². The van der Waals surface area contributed by atoms with Gasteiger partial charge in [0.25, 0.3) is 0 Å². The summed E-state index contributed by atoms with van der Waals surface area (Å²) in [6, 6.07) is 3.62. The van der Waals surface area contributed by atoms with E-state index in [4.69, 9.17) is 5.73 Å². The molecule has 2 nitrogen and oxygen atoms in total. The lowest BCUT2D eigenvalue weighted by molar-refractivity contribution is -0.0547. The summed E-state index contributed by atoms with van der Waals surface area (Å²) in [6.45, 7) is 1.89. The normalized spacial score (nSPS) is 23.6. The fourth-order valence-corrected chi connectivity index (χ4v) is 2.97. The van der Waals surface area contributed by atoms with Gasteiger partial charge in [-0.05, 0) is 47.3 Å². The van der Waals surface area contributed by atoms with Crippen LogP contribution in [0.25, 0.3) is 0 Å². The molecule has 2 N–H and O–H groups in total. The first-order valence-electron chi connectivity index (χ1n) is 6.11. The number of pyridine rings is 1.